The minimum absolute atomic E-state index is 0.00149. The minimum Gasteiger partial charge on any atom is -0.388 e. The molecule has 0 spiro atoms. The van der Waals surface area contributed by atoms with Crippen molar-refractivity contribution in [2.75, 3.05) is 6.54 Å². The summed E-state index contributed by atoms with van der Waals surface area (Å²) in [7, 11) is 0. The molecule has 1 aliphatic carbocycles. The van der Waals surface area contributed by atoms with Crippen molar-refractivity contribution in [1.82, 2.24) is 0 Å². The molecular weight excluding hydrogens is 1060 g/mol. The van der Waals surface area contributed by atoms with Crippen molar-refractivity contribution in [3.8, 4) is 0 Å². The number of ether oxygens (including phenoxy) is 10. The lowest BCUT2D eigenvalue weighted by Crippen LogP contribution is -2.63. The average Bonchev–Trinajstić information content (AvgIpc) is 3.02. The first-order valence-corrected chi connectivity index (χ1v) is 27.3. The van der Waals surface area contributed by atoms with Crippen molar-refractivity contribution < 1.29 is 52.5 Å². The molecule has 1 saturated carbocycles. The molecule has 19 atom stereocenters. The Kier molecular flexibility index (Phi) is 22.2. The van der Waals surface area contributed by atoms with Crippen LogP contribution in [0.1, 0.15) is 69.7 Å². The fraction of sp³-hybridized carbons (Fsp3) is 0.571. The van der Waals surface area contributed by atoms with Crippen molar-refractivity contribution in [2.45, 2.75) is 184 Å². The molecule has 3 saturated heterocycles. The van der Waals surface area contributed by atoms with Gasteiger partial charge in [-0.05, 0) is 88.4 Å². The lowest BCUT2D eigenvalue weighted by molar-refractivity contribution is -0.315. The van der Waals surface area contributed by atoms with Crippen LogP contribution in [0, 0.1) is 11.8 Å². The van der Waals surface area contributed by atoms with Gasteiger partial charge in [0.05, 0.1) is 87.2 Å². The van der Waals surface area contributed by atoms with E-state index in [1.807, 2.05) is 142 Å². The van der Waals surface area contributed by atoms with Crippen LogP contribution in [0.15, 0.2) is 147 Å². The second-order valence-electron chi connectivity index (χ2n) is 21.2. The molecule has 82 heavy (non-hydrogen) atoms. The van der Waals surface area contributed by atoms with Gasteiger partial charge in [0.2, 0.25) is 0 Å². The van der Waals surface area contributed by atoms with Crippen molar-refractivity contribution in [1.29, 1.82) is 0 Å². The van der Waals surface area contributed by atoms with E-state index in [0.717, 1.165) is 22.3 Å². The van der Waals surface area contributed by atoms with E-state index in [1.54, 1.807) is 13.8 Å². The summed E-state index contributed by atoms with van der Waals surface area (Å²) >= 11 is 0. The van der Waals surface area contributed by atoms with Gasteiger partial charge in [-0.3, -0.25) is 0 Å². The summed E-state index contributed by atoms with van der Waals surface area (Å²) < 4.78 is 68.3. The maximum Gasteiger partial charge on any atom is 0.187 e. The van der Waals surface area contributed by atoms with E-state index in [-0.39, 0.29) is 45.3 Å². The molecule has 0 bridgehead atoms. The van der Waals surface area contributed by atoms with Gasteiger partial charge in [0.1, 0.15) is 36.6 Å². The van der Waals surface area contributed by atoms with Gasteiger partial charge in [-0.25, -0.2) is 0 Å². The summed E-state index contributed by atoms with van der Waals surface area (Å²) in [4.78, 5) is 15.8. The topological polar surface area (TPSA) is 356 Å². The SMILES string of the molecule is CC[C@H]1O[C@@H](O[C@@H]2C(OCc3ccccc3)[C@H](N=[N+]=[N-])CC(N=[N+]=[N-])[C@H]2O[C@H]2OC(C(C)(C)O)[C@@H](C)[C@H](C)C2N=[N+]=[N-])C(OCc2ccccc2)[C@H]1O[C@H]1OC(CN=[N+]=[N-])[C@@H](OCc2ccccc2)[C@@H](OCc2ccccc2)C1N=[N+]=[N-]. The third kappa shape index (κ3) is 15.3. The van der Waals surface area contributed by atoms with Gasteiger partial charge in [0.15, 0.2) is 18.9 Å². The number of hydrogen-bond donors (Lipinski definition) is 1. The van der Waals surface area contributed by atoms with Crippen LogP contribution < -0.4 is 0 Å². The number of nitrogens with zero attached hydrogens (tertiary/aromatic N) is 15. The molecule has 8 rings (SSSR count). The van der Waals surface area contributed by atoms with Gasteiger partial charge in [0.25, 0.3) is 0 Å². The third-order valence-electron chi connectivity index (χ3n) is 15.4. The molecule has 7 unspecified atom stereocenters. The minimum atomic E-state index is -1.41. The van der Waals surface area contributed by atoms with E-state index in [2.05, 4.69) is 50.1 Å². The van der Waals surface area contributed by atoms with Crippen LogP contribution in [0.4, 0.5) is 0 Å². The molecule has 26 heteroatoms. The van der Waals surface area contributed by atoms with E-state index < -0.39 is 116 Å². The van der Waals surface area contributed by atoms with Gasteiger partial charge in [0, 0.05) is 24.6 Å². The summed E-state index contributed by atoms with van der Waals surface area (Å²) in [5.41, 5.74) is 52.0. The number of rotatable bonds is 26. The maximum absolute atomic E-state index is 11.4. The molecule has 3 aliphatic heterocycles. The lowest BCUT2D eigenvalue weighted by atomic mass is 9.77. The largest absolute Gasteiger partial charge is 0.388 e. The van der Waals surface area contributed by atoms with Crippen LogP contribution in [-0.4, -0.2) is 121 Å². The molecular formula is C56H69N15O11. The molecule has 4 fully saturated rings. The molecule has 4 aromatic carbocycles. The molecule has 0 amide bonds. The third-order valence-corrected chi connectivity index (χ3v) is 15.4. The number of benzene rings is 4. The molecule has 4 aliphatic rings. The Hall–Kier alpha value is -7.01. The van der Waals surface area contributed by atoms with Crippen molar-refractivity contribution in [3.05, 3.63) is 196 Å². The summed E-state index contributed by atoms with van der Waals surface area (Å²) in [6.07, 6.45) is -14.7. The maximum atomic E-state index is 11.4. The van der Waals surface area contributed by atoms with Crippen LogP contribution in [0.25, 0.3) is 52.2 Å². The number of azide groups is 5. The van der Waals surface area contributed by atoms with E-state index in [1.165, 1.54) is 0 Å². The normalized spacial score (nSPS) is 32.6. The first kappa shape index (κ1) is 61.1. The second kappa shape index (κ2) is 29.8. The second-order valence-corrected chi connectivity index (χ2v) is 21.2. The highest BCUT2D eigenvalue weighted by Crippen LogP contribution is 2.43. The van der Waals surface area contributed by atoms with Crippen LogP contribution >= 0.6 is 0 Å². The van der Waals surface area contributed by atoms with Crippen LogP contribution in [0.3, 0.4) is 0 Å². The molecule has 0 aromatic heterocycles. The van der Waals surface area contributed by atoms with Crippen LogP contribution in [-0.2, 0) is 73.8 Å². The quantitative estimate of drug-likeness (QED) is 0.0350. The van der Waals surface area contributed by atoms with E-state index in [4.69, 9.17) is 47.4 Å². The van der Waals surface area contributed by atoms with Crippen molar-refractivity contribution in [3.63, 3.8) is 0 Å². The Morgan fingerprint density at radius 2 is 0.902 bits per heavy atom. The van der Waals surface area contributed by atoms with Crippen LogP contribution in [0.5, 0.6) is 0 Å². The summed E-state index contributed by atoms with van der Waals surface area (Å²) in [6, 6.07) is 33.1. The Morgan fingerprint density at radius 3 is 1.39 bits per heavy atom. The van der Waals surface area contributed by atoms with Crippen LogP contribution in [0.2, 0.25) is 0 Å². The predicted molar refractivity (Wildman–Crippen MR) is 296 cm³/mol. The fourth-order valence-electron chi connectivity index (χ4n) is 11.2. The smallest absolute Gasteiger partial charge is 0.187 e. The number of aliphatic hydroxyl groups is 1. The van der Waals surface area contributed by atoms with E-state index >= 15 is 0 Å². The summed E-state index contributed by atoms with van der Waals surface area (Å²) in [6.45, 7) is 8.79. The number of hydrogen-bond acceptors (Lipinski definition) is 16. The molecule has 4 aromatic rings. The monoisotopic (exact) mass is 1130 g/mol. The highest BCUT2D eigenvalue weighted by Gasteiger charge is 2.57. The first-order valence-electron chi connectivity index (χ1n) is 27.3. The van der Waals surface area contributed by atoms with Gasteiger partial charge in [-0.15, -0.1) is 0 Å². The van der Waals surface area contributed by atoms with Gasteiger partial charge < -0.3 is 52.5 Å². The van der Waals surface area contributed by atoms with Gasteiger partial charge in [-0.1, -0.05) is 168 Å². The van der Waals surface area contributed by atoms with Gasteiger partial charge in [-0.2, -0.15) is 0 Å². The van der Waals surface area contributed by atoms with Crippen molar-refractivity contribution >= 4 is 0 Å². The fourth-order valence-corrected chi connectivity index (χ4v) is 11.2. The standard InChI is InChI=1S/C56H69N15O11/c1-6-41-48(80-54-44(66-71-61)49(75-31-37-23-15-9-16-24-37)47(42(78-54)28-62-67-57)74-30-36-21-13-8-14-22-36)51(76-32-38-25-17-10-18-26-38)55(77-41)81-50-45(73-29-35-19-11-7-12-20-35)39(63-68-58)27-40(64-69-59)46(50)79-53-43(65-70-60)33(2)34(3)52(82-53)56(4,5)72/h7-26,33-34,39-55,72H,6,27-32H2,1-5H3/t33-,34-,39+,40?,41+,42?,43?,44?,45?,46+,47+,48-,49-,50+,51?,52?,53-,54+,55-/m0/s1. The Labute approximate surface area is 474 Å². The van der Waals surface area contributed by atoms with Crippen molar-refractivity contribution in [2.24, 2.45) is 37.4 Å². The zero-order chi connectivity index (χ0) is 58.0. The Bertz CT molecular complexity index is 2890. The average molecular weight is 1130 g/mol. The van der Waals surface area contributed by atoms with Gasteiger partial charge >= 0.3 is 0 Å². The van der Waals surface area contributed by atoms with E-state index in [0.29, 0.717) is 6.42 Å². The zero-order valence-corrected chi connectivity index (χ0v) is 46.2. The first-order chi connectivity index (χ1) is 39.9. The Balaban J connectivity index is 1.21. The summed E-state index contributed by atoms with van der Waals surface area (Å²) in [5.74, 6) is -0.726. The van der Waals surface area contributed by atoms with E-state index in [9.17, 15) is 32.8 Å². The molecule has 0 radical (unpaired) electrons. The lowest BCUT2D eigenvalue weighted by Gasteiger charge is -2.50. The highest BCUT2D eigenvalue weighted by atomic mass is 16.8. The molecule has 434 valence electrons. The predicted octanol–water partition coefficient (Wildman–Crippen LogP) is 11.5. The zero-order valence-electron chi connectivity index (χ0n) is 46.2. The highest BCUT2D eigenvalue weighted by molar-refractivity contribution is 5.17. The Morgan fingerprint density at radius 1 is 0.476 bits per heavy atom. The summed E-state index contributed by atoms with van der Waals surface area (Å²) in [5, 5.41) is 32.1. The molecule has 1 N–H and O–H groups in total. The molecule has 26 nitrogen and oxygen atoms in total. The molecule has 3 heterocycles.